The summed E-state index contributed by atoms with van der Waals surface area (Å²) in [7, 11) is 4.72. The van der Waals surface area contributed by atoms with E-state index in [1.807, 2.05) is 12.1 Å². The third-order valence-corrected chi connectivity index (χ3v) is 4.54. The molecule has 2 aromatic rings. The quantitative estimate of drug-likeness (QED) is 0.475. The van der Waals surface area contributed by atoms with Gasteiger partial charge < -0.3 is 14.4 Å². The Hall–Kier alpha value is -2.61. The Morgan fingerprint density at radius 1 is 1.11 bits per heavy atom. The van der Waals surface area contributed by atoms with E-state index >= 15 is 0 Å². The fraction of sp³-hybridized carbons (Fsp3) is 0.250. The second kappa shape index (κ2) is 9.54. The second-order valence-electron chi connectivity index (χ2n) is 5.80. The van der Waals surface area contributed by atoms with Gasteiger partial charge in [-0.15, -0.1) is 0 Å². The van der Waals surface area contributed by atoms with Crippen LogP contribution in [0.1, 0.15) is 11.1 Å². The monoisotopic (exact) mass is 411 g/mol. The van der Waals surface area contributed by atoms with Crippen LogP contribution in [0.3, 0.4) is 0 Å². The number of hydrogen-bond donors (Lipinski definition) is 0. The van der Waals surface area contributed by atoms with Crippen LogP contribution in [0.25, 0.3) is 6.08 Å². The highest BCUT2D eigenvalue weighted by molar-refractivity contribution is 8.00. The van der Waals surface area contributed by atoms with Crippen molar-refractivity contribution in [2.75, 3.05) is 21.3 Å². The molecule has 0 radical (unpaired) electrons. The highest BCUT2D eigenvalue weighted by Crippen LogP contribution is 2.36. The van der Waals surface area contributed by atoms with Crippen molar-refractivity contribution >= 4 is 23.7 Å². The summed E-state index contributed by atoms with van der Waals surface area (Å²) in [6.07, 6.45) is 2.93. The number of amides is 1. The lowest BCUT2D eigenvalue weighted by Crippen LogP contribution is -2.24. The molecule has 0 fully saturated rings. The number of nitrogens with zero attached hydrogens (tertiary/aromatic N) is 1. The minimum absolute atomic E-state index is 0.0956. The van der Waals surface area contributed by atoms with Crippen molar-refractivity contribution < 1.29 is 27.4 Å². The standard InChI is InChI=1S/C20H20F3NO3S/c1-24(13-15-5-4-6-17(26-2)19(15)27-3)18(25)12-9-14-7-10-16(11-8-14)28-20(21,22)23/h4-12H,13H2,1-3H3. The van der Waals surface area contributed by atoms with E-state index in [0.717, 1.165) is 5.56 Å². The van der Waals surface area contributed by atoms with Crippen molar-refractivity contribution in [3.63, 3.8) is 0 Å². The lowest BCUT2D eigenvalue weighted by Gasteiger charge is -2.18. The Kier molecular flexibility index (Phi) is 7.39. The summed E-state index contributed by atoms with van der Waals surface area (Å²) in [6, 6.07) is 11.2. The summed E-state index contributed by atoms with van der Waals surface area (Å²) in [5, 5.41) is 0. The Morgan fingerprint density at radius 3 is 2.36 bits per heavy atom. The van der Waals surface area contributed by atoms with Gasteiger partial charge in [-0.1, -0.05) is 24.3 Å². The second-order valence-corrected chi connectivity index (χ2v) is 6.94. The Balaban J connectivity index is 2.02. The number of thioether (sulfide) groups is 1. The van der Waals surface area contributed by atoms with E-state index in [9.17, 15) is 18.0 Å². The molecule has 0 atom stereocenters. The molecule has 0 heterocycles. The third-order valence-electron chi connectivity index (χ3n) is 3.80. The topological polar surface area (TPSA) is 38.8 Å². The van der Waals surface area contributed by atoms with Gasteiger partial charge in [0.15, 0.2) is 11.5 Å². The SMILES string of the molecule is COc1cccc(CN(C)C(=O)C=Cc2ccc(SC(F)(F)F)cc2)c1OC. The summed E-state index contributed by atoms with van der Waals surface area (Å²) < 4.78 is 47.7. The van der Waals surface area contributed by atoms with E-state index in [-0.39, 0.29) is 22.6 Å². The van der Waals surface area contributed by atoms with E-state index in [4.69, 9.17) is 9.47 Å². The zero-order valence-corrected chi connectivity index (χ0v) is 16.4. The van der Waals surface area contributed by atoms with E-state index in [0.29, 0.717) is 23.6 Å². The first-order chi connectivity index (χ1) is 13.2. The molecule has 8 heteroatoms. The van der Waals surface area contributed by atoms with Crippen LogP contribution in [-0.4, -0.2) is 37.6 Å². The molecule has 0 saturated heterocycles. The molecule has 1 amide bonds. The number of para-hydroxylation sites is 1. The Bertz CT molecular complexity index is 836. The summed E-state index contributed by atoms with van der Waals surface area (Å²) >= 11 is -0.175. The van der Waals surface area contributed by atoms with Gasteiger partial charge >= 0.3 is 5.51 Å². The van der Waals surface area contributed by atoms with Crippen molar-refractivity contribution in [1.82, 2.24) is 4.90 Å². The number of methoxy groups -OCH3 is 2. The first-order valence-electron chi connectivity index (χ1n) is 8.22. The summed E-state index contributed by atoms with van der Waals surface area (Å²) in [5.41, 5.74) is -2.90. The van der Waals surface area contributed by atoms with Gasteiger partial charge in [0, 0.05) is 30.1 Å². The largest absolute Gasteiger partial charge is 0.493 e. The average Bonchev–Trinajstić information content (AvgIpc) is 2.65. The number of carbonyl (C=O) groups excluding carboxylic acids is 1. The van der Waals surface area contributed by atoms with Gasteiger partial charge in [-0.3, -0.25) is 4.79 Å². The lowest BCUT2D eigenvalue weighted by atomic mass is 10.1. The van der Waals surface area contributed by atoms with E-state index < -0.39 is 5.51 Å². The van der Waals surface area contributed by atoms with Gasteiger partial charge in [0.25, 0.3) is 0 Å². The number of carbonyl (C=O) groups is 1. The molecule has 4 nitrogen and oxygen atoms in total. The predicted molar refractivity (Wildman–Crippen MR) is 103 cm³/mol. The molecule has 150 valence electrons. The van der Waals surface area contributed by atoms with Crippen molar-refractivity contribution in [3.05, 3.63) is 59.7 Å². The summed E-state index contributed by atoms with van der Waals surface area (Å²) in [4.78, 5) is 13.9. The zero-order chi connectivity index (χ0) is 20.7. The maximum atomic E-state index is 12.3. The van der Waals surface area contributed by atoms with E-state index in [2.05, 4.69) is 0 Å². The molecular weight excluding hydrogens is 391 g/mol. The van der Waals surface area contributed by atoms with E-state index in [1.165, 1.54) is 49.5 Å². The minimum Gasteiger partial charge on any atom is -0.493 e. The van der Waals surface area contributed by atoms with Crippen molar-refractivity contribution in [1.29, 1.82) is 0 Å². The normalized spacial score (nSPS) is 11.5. The molecule has 2 rings (SSSR count). The van der Waals surface area contributed by atoms with Crippen LogP contribution in [0.5, 0.6) is 11.5 Å². The first-order valence-corrected chi connectivity index (χ1v) is 9.04. The molecule has 28 heavy (non-hydrogen) atoms. The molecular formula is C20H20F3NO3S. The van der Waals surface area contributed by atoms with Crippen molar-refractivity contribution in [3.8, 4) is 11.5 Å². The molecule has 0 unspecified atom stereocenters. The van der Waals surface area contributed by atoms with Gasteiger partial charge in [-0.2, -0.15) is 13.2 Å². The number of hydrogen-bond acceptors (Lipinski definition) is 4. The number of ether oxygens (including phenoxy) is 2. The van der Waals surface area contributed by atoms with Crippen LogP contribution in [0.15, 0.2) is 53.4 Å². The van der Waals surface area contributed by atoms with Gasteiger partial charge in [-0.05, 0) is 41.6 Å². The van der Waals surface area contributed by atoms with Gasteiger partial charge in [0.05, 0.1) is 14.2 Å². The smallest absolute Gasteiger partial charge is 0.446 e. The number of likely N-dealkylation sites (N-methyl/N-ethyl adjacent to an activating group) is 1. The Morgan fingerprint density at radius 2 is 1.79 bits per heavy atom. The van der Waals surface area contributed by atoms with E-state index in [1.54, 1.807) is 19.2 Å². The van der Waals surface area contributed by atoms with Crippen LogP contribution in [0.4, 0.5) is 13.2 Å². The number of benzene rings is 2. The molecule has 0 aliphatic rings. The van der Waals surface area contributed by atoms with Gasteiger partial charge in [-0.25, -0.2) is 0 Å². The van der Waals surface area contributed by atoms with Crippen LogP contribution in [0, 0.1) is 0 Å². The highest BCUT2D eigenvalue weighted by atomic mass is 32.2. The maximum absolute atomic E-state index is 12.3. The lowest BCUT2D eigenvalue weighted by molar-refractivity contribution is -0.125. The zero-order valence-electron chi connectivity index (χ0n) is 15.6. The summed E-state index contributed by atoms with van der Waals surface area (Å²) in [6.45, 7) is 0.310. The number of alkyl halides is 3. The average molecular weight is 411 g/mol. The minimum atomic E-state index is -4.32. The highest BCUT2D eigenvalue weighted by Gasteiger charge is 2.28. The van der Waals surface area contributed by atoms with Crippen LogP contribution in [-0.2, 0) is 11.3 Å². The van der Waals surface area contributed by atoms with Gasteiger partial charge in [0.2, 0.25) is 5.91 Å². The van der Waals surface area contributed by atoms with Crippen LogP contribution < -0.4 is 9.47 Å². The van der Waals surface area contributed by atoms with Crippen molar-refractivity contribution in [2.24, 2.45) is 0 Å². The molecule has 2 aromatic carbocycles. The molecule has 0 aliphatic heterocycles. The van der Waals surface area contributed by atoms with Crippen LogP contribution in [0.2, 0.25) is 0 Å². The fourth-order valence-electron chi connectivity index (χ4n) is 2.49. The molecule has 0 aliphatic carbocycles. The molecule has 0 N–H and O–H groups in total. The van der Waals surface area contributed by atoms with Crippen molar-refractivity contribution in [2.45, 2.75) is 16.9 Å². The third kappa shape index (κ3) is 6.23. The van der Waals surface area contributed by atoms with Crippen LogP contribution >= 0.6 is 11.8 Å². The summed E-state index contributed by atoms with van der Waals surface area (Å²) in [5.74, 6) is 0.887. The number of halogens is 3. The predicted octanol–water partition coefficient (Wildman–Crippen LogP) is 4.99. The molecule has 0 bridgehead atoms. The fourth-order valence-corrected chi connectivity index (χ4v) is 3.03. The first kappa shape index (κ1) is 21.7. The molecule has 0 spiro atoms. The Labute approximate surface area is 165 Å². The van der Waals surface area contributed by atoms with Gasteiger partial charge in [0.1, 0.15) is 0 Å². The maximum Gasteiger partial charge on any atom is 0.446 e. The molecule has 0 saturated carbocycles. The number of rotatable bonds is 7. The molecule has 0 aromatic heterocycles.